The Morgan fingerprint density at radius 1 is 0.544 bits per heavy atom. The Hall–Kier alpha value is -5.61. The van der Waals surface area contributed by atoms with Gasteiger partial charge >= 0.3 is 5.97 Å². The van der Waals surface area contributed by atoms with Crippen LogP contribution in [0.5, 0.6) is 0 Å². The van der Waals surface area contributed by atoms with E-state index in [-0.39, 0.29) is 29.2 Å². The van der Waals surface area contributed by atoms with E-state index in [1.807, 2.05) is 109 Å². The number of rotatable bonds is 18. The summed E-state index contributed by atoms with van der Waals surface area (Å²) in [6.45, 7) is 1.44. The maximum Gasteiger partial charge on any atom is 0.329 e. The van der Waals surface area contributed by atoms with Crippen LogP contribution in [0.25, 0.3) is 0 Å². The van der Waals surface area contributed by atoms with Crippen LogP contribution in [0.4, 0.5) is 0 Å². The van der Waals surface area contributed by atoms with E-state index in [9.17, 15) is 9.59 Å². The Labute approximate surface area is 344 Å². The number of hydrogen-bond acceptors (Lipinski definition) is 7. The minimum Gasteiger partial charge on any atom is -0.467 e. The van der Waals surface area contributed by atoms with Crippen LogP contribution in [0.1, 0.15) is 40.3 Å². The Kier molecular flexibility index (Phi) is 14.4. The highest BCUT2D eigenvalue weighted by Gasteiger charge is 2.43. The zero-order valence-corrected chi connectivity index (χ0v) is 33.7. The molecule has 7 nitrogen and oxygen atoms in total. The number of thioether (sulfide) groups is 2. The summed E-state index contributed by atoms with van der Waals surface area (Å²) in [6.07, 6.45) is 0. The largest absolute Gasteiger partial charge is 0.467 e. The quantitative estimate of drug-likeness (QED) is 0.0350. The van der Waals surface area contributed by atoms with Gasteiger partial charge in [-0.1, -0.05) is 182 Å². The lowest BCUT2D eigenvalue weighted by atomic mass is 9.76. The van der Waals surface area contributed by atoms with E-state index in [1.165, 1.54) is 25.8 Å². The fourth-order valence-corrected chi connectivity index (χ4v) is 9.59. The third kappa shape index (κ3) is 9.68. The number of ether oxygens (including phenoxy) is 1. The molecule has 0 aliphatic carbocycles. The average Bonchev–Trinajstić information content (AvgIpc) is 3.27. The van der Waals surface area contributed by atoms with Crippen molar-refractivity contribution >= 4 is 41.3 Å². The van der Waals surface area contributed by atoms with Crippen molar-refractivity contribution in [3.63, 3.8) is 0 Å². The molecule has 0 aromatic heterocycles. The minimum atomic E-state index is -0.998. The smallest absolute Gasteiger partial charge is 0.329 e. The van der Waals surface area contributed by atoms with Crippen LogP contribution in [0.3, 0.4) is 0 Å². The van der Waals surface area contributed by atoms with Crippen molar-refractivity contribution in [2.24, 2.45) is 0 Å². The zero-order chi connectivity index (χ0) is 39.9. The van der Waals surface area contributed by atoms with Crippen LogP contribution in [0, 0.1) is 0 Å². The van der Waals surface area contributed by atoms with Gasteiger partial charge in [-0.25, -0.2) is 4.79 Å². The molecule has 0 fully saturated rings. The van der Waals surface area contributed by atoms with Gasteiger partial charge in [-0.3, -0.25) is 14.9 Å². The highest BCUT2D eigenvalue weighted by atomic mass is 32.2. The van der Waals surface area contributed by atoms with Gasteiger partial charge < -0.3 is 15.4 Å². The fraction of sp³-hybridized carbons (Fsp3) is 0.188. The predicted molar refractivity (Wildman–Crippen MR) is 233 cm³/mol. The maximum atomic E-state index is 15.1. The molecule has 0 radical (unpaired) electrons. The molecule has 0 spiro atoms. The molecule has 6 rings (SSSR count). The zero-order valence-electron chi connectivity index (χ0n) is 32.0. The van der Waals surface area contributed by atoms with Crippen LogP contribution < -0.4 is 16.0 Å². The molecule has 0 aliphatic rings. The molecule has 0 saturated heterocycles. The van der Waals surface area contributed by atoms with Gasteiger partial charge in [0.05, 0.1) is 29.3 Å². The molecule has 0 unspecified atom stereocenters. The summed E-state index contributed by atoms with van der Waals surface area (Å²) in [6, 6.07) is 59.7. The molecule has 6 aromatic carbocycles. The molecule has 0 heterocycles. The van der Waals surface area contributed by atoms with Gasteiger partial charge in [0.15, 0.2) is 0 Å². The summed E-state index contributed by atoms with van der Waals surface area (Å²) in [5.74, 6) is -0.359. The molecule has 0 aliphatic heterocycles. The van der Waals surface area contributed by atoms with Crippen molar-refractivity contribution in [2.75, 3.05) is 24.5 Å². The number of amides is 2. The van der Waals surface area contributed by atoms with Crippen LogP contribution in [0.2, 0.25) is 0 Å². The van der Waals surface area contributed by atoms with Gasteiger partial charge in [-0.2, -0.15) is 0 Å². The van der Waals surface area contributed by atoms with E-state index in [2.05, 4.69) is 88.7 Å². The van der Waals surface area contributed by atoms with Crippen molar-refractivity contribution in [3.8, 4) is 0 Å². The monoisotopic (exact) mass is 793 g/mol. The summed E-state index contributed by atoms with van der Waals surface area (Å²) in [5, 5.41) is 9.75. The van der Waals surface area contributed by atoms with Crippen LogP contribution in [-0.2, 0) is 29.4 Å². The molecule has 3 N–H and O–H groups in total. The highest BCUT2D eigenvalue weighted by Crippen LogP contribution is 2.49. The topological polar surface area (TPSA) is 96.5 Å². The molecule has 290 valence electrons. The summed E-state index contributed by atoms with van der Waals surface area (Å²) in [7, 11) is 1.31. The van der Waals surface area contributed by atoms with Crippen molar-refractivity contribution < 1.29 is 19.1 Å². The van der Waals surface area contributed by atoms with E-state index in [0.29, 0.717) is 0 Å². The van der Waals surface area contributed by atoms with Gasteiger partial charge in [0, 0.05) is 18.4 Å². The first-order valence-electron chi connectivity index (χ1n) is 18.8. The molecule has 0 saturated carbocycles. The Morgan fingerprint density at radius 3 is 1.26 bits per heavy atom. The fourth-order valence-electron chi connectivity index (χ4n) is 7.15. The Bertz CT molecular complexity index is 1970. The molecule has 2 amide bonds. The summed E-state index contributed by atoms with van der Waals surface area (Å²) in [4.78, 5) is 40.0. The second-order valence-corrected chi connectivity index (χ2v) is 15.7. The lowest BCUT2D eigenvalue weighted by Crippen LogP contribution is -2.58. The van der Waals surface area contributed by atoms with Crippen molar-refractivity contribution in [3.05, 3.63) is 215 Å². The summed E-state index contributed by atoms with van der Waals surface area (Å²) >= 11 is 2.99. The lowest BCUT2D eigenvalue weighted by molar-refractivity contribution is -0.144. The number of carbonyl (C=O) groups excluding carboxylic acids is 3. The standard InChI is InChI=1S/C48H47N3O4S2/c1-36(52)49-35-56-33-44(46(54)55-2)50-45(53)43(51-47(37-21-9-3-10-22-37,38-23-11-4-12-24-38)39-25-13-5-14-26-39)34-57-48(40-27-15-6-16-28-40,41-29-17-7-18-30-41)42-31-19-8-20-32-42/h3-32,43-44,51H,33-35H2,1-2H3,(H,49,52)(H,50,53)/t43-,44-/m0/s1. The van der Waals surface area contributed by atoms with E-state index in [0.717, 1.165) is 33.4 Å². The highest BCUT2D eigenvalue weighted by molar-refractivity contribution is 8.00. The van der Waals surface area contributed by atoms with Crippen LogP contribution in [-0.4, -0.2) is 54.4 Å². The summed E-state index contributed by atoms with van der Waals surface area (Å²) in [5.41, 5.74) is 5.03. The minimum absolute atomic E-state index is 0.180. The van der Waals surface area contributed by atoms with E-state index < -0.39 is 28.3 Å². The number of nitrogens with one attached hydrogen (secondary N) is 3. The second-order valence-electron chi connectivity index (χ2n) is 13.5. The van der Waals surface area contributed by atoms with Gasteiger partial charge in [0.25, 0.3) is 0 Å². The Morgan fingerprint density at radius 2 is 0.912 bits per heavy atom. The molecule has 6 aromatic rings. The average molecular weight is 794 g/mol. The second kappa shape index (κ2) is 20.0. The molecule has 57 heavy (non-hydrogen) atoms. The Balaban J connectivity index is 1.51. The van der Waals surface area contributed by atoms with Gasteiger partial charge in [0.2, 0.25) is 11.8 Å². The normalized spacial score (nSPS) is 12.5. The van der Waals surface area contributed by atoms with Gasteiger partial charge in [-0.05, 0) is 33.4 Å². The molecular formula is C48H47N3O4S2. The first-order valence-corrected chi connectivity index (χ1v) is 21.0. The number of methoxy groups -OCH3 is 1. The van der Waals surface area contributed by atoms with E-state index >= 15 is 4.79 Å². The van der Waals surface area contributed by atoms with Gasteiger partial charge in [0.1, 0.15) is 6.04 Å². The van der Waals surface area contributed by atoms with Crippen LogP contribution >= 0.6 is 23.5 Å². The predicted octanol–water partition coefficient (Wildman–Crippen LogP) is 8.15. The van der Waals surface area contributed by atoms with E-state index in [1.54, 1.807) is 11.8 Å². The molecule has 2 atom stereocenters. The number of benzene rings is 6. The first-order chi connectivity index (χ1) is 27.9. The molecular weight excluding hydrogens is 747 g/mol. The lowest BCUT2D eigenvalue weighted by Gasteiger charge is -2.41. The molecule has 9 heteroatoms. The number of hydrogen-bond donors (Lipinski definition) is 3. The first kappa shape index (κ1) is 41.0. The van der Waals surface area contributed by atoms with Crippen molar-refractivity contribution in [2.45, 2.75) is 29.3 Å². The van der Waals surface area contributed by atoms with Crippen molar-refractivity contribution in [1.29, 1.82) is 0 Å². The van der Waals surface area contributed by atoms with Gasteiger partial charge in [-0.15, -0.1) is 23.5 Å². The van der Waals surface area contributed by atoms with Crippen LogP contribution in [0.15, 0.2) is 182 Å². The number of carbonyl (C=O) groups is 3. The SMILES string of the molecule is COC(=O)[C@H](CSCNC(C)=O)NC(=O)[C@H](CSC(c1ccccc1)(c1ccccc1)c1ccccc1)NC(c1ccccc1)(c1ccccc1)c1ccccc1. The molecule has 0 bridgehead atoms. The number of esters is 1. The van der Waals surface area contributed by atoms with Crippen molar-refractivity contribution in [1.82, 2.24) is 16.0 Å². The maximum absolute atomic E-state index is 15.1. The van der Waals surface area contributed by atoms with E-state index in [4.69, 9.17) is 4.74 Å². The summed E-state index contributed by atoms with van der Waals surface area (Å²) < 4.78 is 4.46. The third-order valence-electron chi connectivity index (χ3n) is 9.84. The third-order valence-corrected chi connectivity index (χ3v) is 12.4.